The second-order valence-corrected chi connectivity index (χ2v) is 7.40. The van der Waals surface area contributed by atoms with Gasteiger partial charge >= 0.3 is 7.12 Å². The number of hydrogen-bond acceptors (Lipinski definition) is 4. The monoisotopic (exact) mass is 310 g/mol. The molecule has 3 nitrogen and oxygen atoms in total. The number of hydrogen-bond donors (Lipinski definition) is 2. The highest BCUT2D eigenvalue weighted by Gasteiger charge is 2.39. The smallest absolute Gasteiger partial charge is 0.423 e. The molecule has 118 valence electrons. The van der Waals surface area contributed by atoms with Gasteiger partial charge in [0.1, 0.15) is 0 Å². The van der Waals surface area contributed by atoms with Gasteiger partial charge in [-0.25, -0.2) is 0 Å². The maximum atomic E-state index is 10.4. The van der Waals surface area contributed by atoms with Gasteiger partial charge in [0.15, 0.2) is 0 Å². The Hall–Kier alpha value is -0.485. The molecule has 0 amide bonds. The molecule has 0 aliphatic heterocycles. The lowest BCUT2D eigenvalue weighted by Crippen LogP contribution is -2.53. The molecule has 0 aliphatic carbocycles. The Bertz CT molecular complexity index is 443. The molecular weight excluding hydrogens is 283 g/mol. The molecular formula is C16H27BO3S. The molecule has 21 heavy (non-hydrogen) atoms. The van der Waals surface area contributed by atoms with Crippen molar-refractivity contribution < 1.29 is 14.8 Å². The first-order valence-electron chi connectivity index (χ1n) is 7.43. The molecule has 0 saturated carbocycles. The van der Waals surface area contributed by atoms with Crippen LogP contribution in [0.4, 0.5) is 0 Å². The highest BCUT2D eigenvalue weighted by molar-refractivity contribution is 7.98. The second-order valence-electron chi connectivity index (χ2n) is 6.29. The minimum Gasteiger partial charge on any atom is -0.423 e. The SMILES string of the molecule is CCCSCc1ccccc1B(O)OC(C)(C)C(C)(C)O. The van der Waals surface area contributed by atoms with Crippen molar-refractivity contribution in [2.75, 3.05) is 5.75 Å². The van der Waals surface area contributed by atoms with Crippen molar-refractivity contribution in [3.8, 4) is 0 Å². The summed E-state index contributed by atoms with van der Waals surface area (Å²) in [4.78, 5) is 0. The summed E-state index contributed by atoms with van der Waals surface area (Å²) in [6.45, 7) is 9.09. The minimum atomic E-state index is -1.04. The molecule has 5 heteroatoms. The van der Waals surface area contributed by atoms with Crippen molar-refractivity contribution in [1.29, 1.82) is 0 Å². The summed E-state index contributed by atoms with van der Waals surface area (Å²) in [5.41, 5.74) is -0.0379. The Morgan fingerprint density at radius 2 is 1.81 bits per heavy atom. The fourth-order valence-corrected chi connectivity index (χ4v) is 2.64. The fourth-order valence-electron chi connectivity index (χ4n) is 1.72. The van der Waals surface area contributed by atoms with Crippen LogP contribution in [0.25, 0.3) is 0 Å². The molecule has 1 rings (SSSR count). The van der Waals surface area contributed by atoms with Gasteiger partial charge in [0, 0.05) is 5.75 Å². The Labute approximate surface area is 133 Å². The van der Waals surface area contributed by atoms with Gasteiger partial charge in [0.25, 0.3) is 0 Å². The normalized spacial score (nSPS) is 12.5. The van der Waals surface area contributed by atoms with Crippen LogP contribution in [0.2, 0.25) is 0 Å². The Kier molecular flexibility index (Phi) is 6.79. The molecule has 2 N–H and O–H groups in total. The molecule has 0 radical (unpaired) electrons. The molecule has 0 saturated heterocycles. The topological polar surface area (TPSA) is 49.7 Å². The van der Waals surface area contributed by atoms with Crippen LogP contribution in [0.15, 0.2) is 24.3 Å². The number of rotatable bonds is 8. The van der Waals surface area contributed by atoms with E-state index in [2.05, 4.69) is 6.92 Å². The maximum absolute atomic E-state index is 10.4. The molecule has 0 heterocycles. The molecule has 0 aliphatic rings. The highest BCUT2D eigenvalue weighted by Crippen LogP contribution is 2.25. The zero-order chi connectivity index (χ0) is 16.1. The highest BCUT2D eigenvalue weighted by atomic mass is 32.2. The van der Waals surface area contributed by atoms with Crippen LogP contribution in [0, 0.1) is 0 Å². The predicted molar refractivity (Wildman–Crippen MR) is 92.0 cm³/mol. The maximum Gasteiger partial charge on any atom is 0.491 e. The van der Waals surface area contributed by atoms with Gasteiger partial charge in [-0.2, -0.15) is 11.8 Å². The second kappa shape index (κ2) is 7.68. The van der Waals surface area contributed by atoms with Crippen molar-refractivity contribution in [2.24, 2.45) is 0 Å². The van der Waals surface area contributed by atoms with Gasteiger partial charge in [-0.1, -0.05) is 31.2 Å². The zero-order valence-electron chi connectivity index (χ0n) is 13.7. The Morgan fingerprint density at radius 1 is 1.19 bits per heavy atom. The minimum absolute atomic E-state index is 0.776. The summed E-state index contributed by atoms with van der Waals surface area (Å²) in [6, 6.07) is 7.76. The van der Waals surface area contributed by atoms with Crippen LogP contribution in [0.5, 0.6) is 0 Å². The van der Waals surface area contributed by atoms with Crippen molar-refractivity contribution in [3.63, 3.8) is 0 Å². The average molecular weight is 310 g/mol. The van der Waals surface area contributed by atoms with E-state index in [1.165, 1.54) is 0 Å². The summed E-state index contributed by atoms with van der Waals surface area (Å²) in [5.74, 6) is 1.95. The van der Waals surface area contributed by atoms with Crippen LogP contribution in [-0.4, -0.2) is 34.2 Å². The third kappa shape index (κ3) is 5.33. The Balaban J connectivity index is 2.85. The van der Waals surface area contributed by atoms with Crippen LogP contribution < -0.4 is 5.46 Å². The molecule has 0 aromatic heterocycles. The van der Waals surface area contributed by atoms with E-state index in [0.29, 0.717) is 0 Å². The lowest BCUT2D eigenvalue weighted by molar-refractivity contribution is -0.0982. The zero-order valence-corrected chi connectivity index (χ0v) is 14.5. The fraction of sp³-hybridized carbons (Fsp3) is 0.625. The van der Waals surface area contributed by atoms with Crippen LogP contribution in [-0.2, 0) is 10.4 Å². The summed E-state index contributed by atoms with van der Waals surface area (Å²) in [6.07, 6.45) is 1.14. The van der Waals surface area contributed by atoms with E-state index < -0.39 is 18.3 Å². The van der Waals surface area contributed by atoms with E-state index in [4.69, 9.17) is 4.65 Å². The first kappa shape index (κ1) is 18.6. The largest absolute Gasteiger partial charge is 0.491 e. The molecule has 0 atom stereocenters. The van der Waals surface area contributed by atoms with Crippen molar-refractivity contribution in [1.82, 2.24) is 0 Å². The number of aliphatic hydroxyl groups is 1. The molecule has 0 unspecified atom stereocenters. The summed E-state index contributed by atoms with van der Waals surface area (Å²) >= 11 is 1.85. The third-order valence-electron chi connectivity index (χ3n) is 3.81. The lowest BCUT2D eigenvalue weighted by Gasteiger charge is -2.38. The van der Waals surface area contributed by atoms with Gasteiger partial charge in [-0.3, -0.25) is 0 Å². The molecule has 1 aromatic rings. The molecule has 0 fully saturated rings. The van der Waals surface area contributed by atoms with Gasteiger partial charge in [-0.15, -0.1) is 0 Å². The molecule has 0 bridgehead atoms. The molecule has 1 aromatic carbocycles. The Morgan fingerprint density at radius 3 is 2.38 bits per heavy atom. The lowest BCUT2D eigenvalue weighted by atomic mass is 9.74. The van der Waals surface area contributed by atoms with Crippen LogP contribution >= 0.6 is 11.8 Å². The predicted octanol–water partition coefficient (Wildman–Crippen LogP) is 2.58. The summed E-state index contributed by atoms with van der Waals surface area (Å²) in [7, 11) is -1.04. The van der Waals surface area contributed by atoms with Crippen molar-refractivity contribution in [2.45, 2.75) is 58.0 Å². The van der Waals surface area contributed by atoms with E-state index >= 15 is 0 Å². The van der Waals surface area contributed by atoms with E-state index in [-0.39, 0.29) is 0 Å². The number of thioether (sulfide) groups is 1. The summed E-state index contributed by atoms with van der Waals surface area (Å²) < 4.78 is 5.73. The van der Waals surface area contributed by atoms with Gasteiger partial charge in [0.05, 0.1) is 11.2 Å². The van der Waals surface area contributed by atoms with E-state index in [0.717, 1.165) is 29.0 Å². The van der Waals surface area contributed by atoms with Crippen LogP contribution in [0.1, 0.15) is 46.6 Å². The van der Waals surface area contributed by atoms with Gasteiger partial charge in [-0.05, 0) is 50.9 Å². The average Bonchev–Trinajstić information content (AvgIpc) is 2.37. The standard InChI is InChI=1S/C16H27BO3S/c1-6-11-21-12-13-9-7-8-10-14(13)17(19)20-16(4,5)15(2,3)18/h7-10,18-19H,6,11-12H2,1-5H3. The first-order valence-corrected chi connectivity index (χ1v) is 8.58. The van der Waals surface area contributed by atoms with E-state index in [1.807, 2.05) is 36.0 Å². The number of benzene rings is 1. The van der Waals surface area contributed by atoms with Crippen LogP contribution in [0.3, 0.4) is 0 Å². The van der Waals surface area contributed by atoms with Gasteiger partial charge in [0.2, 0.25) is 0 Å². The van der Waals surface area contributed by atoms with Crippen molar-refractivity contribution >= 4 is 24.3 Å². The summed E-state index contributed by atoms with van der Waals surface area (Å²) in [5, 5.41) is 20.6. The molecule has 0 spiro atoms. The first-order chi connectivity index (χ1) is 9.69. The third-order valence-corrected chi connectivity index (χ3v) is 5.02. The van der Waals surface area contributed by atoms with Crippen molar-refractivity contribution in [3.05, 3.63) is 29.8 Å². The van der Waals surface area contributed by atoms with E-state index in [1.54, 1.807) is 27.7 Å². The van der Waals surface area contributed by atoms with E-state index in [9.17, 15) is 10.1 Å². The quantitative estimate of drug-likeness (QED) is 0.572. The van der Waals surface area contributed by atoms with Gasteiger partial charge < -0.3 is 14.8 Å².